The maximum Gasteiger partial charge on any atom is 0.0636 e. The van der Waals surface area contributed by atoms with Crippen LogP contribution < -0.4 is 0 Å². The molecule has 0 fully saturated rings. The zero-order chi connectivity index (χ0) is 48.9. The summed E-state index contributed by atoms with van der Waals surface area (Å²) >= 11 is 0. The number of rotatable bonds is 4. The second kappa shape index (κ2) is 16.0. The summed E-state index contributed by atoms with van der Waals surface area (Å²) in [6.07, 6.45) is 0. The molecule has 62 heavy (non-hydrogen) atoms. The summed E-state index contributed by atoms with van der Waals surface area (Å²) in [5, 5.41) is 0. The Balaban J connectivity index is 2.25. The molecule has 0 aromatic heterocycles. The summed E-state index contributed by atoms with van der Waals surface area (Å²) in [5.74, 6) is 0. The summed E-state index contributed by atoms with van der Waals surface area (Å²) in [6, 6.07) is 29.1. The Morgan fingerprint density at radius 1 is 0.210 bits per heavy atom. The summed E-state index contributed by atoms with van der Waals surface area (Å²) in [4.78, 5) is 0. The molecule has 0 N–H and O–H groups in total. The van der Waals surface area contributed by atoms with E-state index in [1.165, 1.54) is 44.5 Å². The number of benzene rings is 5. The highest BCUT2D eigenvalue weighted by atomic mass is 14.3. The van der Waals surface area contributed by atoms with E-state index in [2.05, 4.69) is 239 Å². The maximum absolute atomic E-state index is 11.0. The third-order valence-corrected chi connectivity index (χ3v) is 12.8. The van der Waals surface area contributed by atoms with Crippen molar-refractivity contribution < 1.29 is 2.74 Å². The molecule has 0 bridgehead atoms. The molecule has 5 aromatic carbocycles. The lowest BCUT2D eigenvalue weighted by Crippen LogP contribution is -2.17. The SMILES string of the molecule is [2H]c1c(-c2cc(C(C)(C)C)cc(C(C)(C)C)c2)c(-c2cc(C(C)(C)C)cc(C(C)(C)C)c2)c([2H])c(-c2cc(C(C)(C)C)cc(C(C)(C)C)c2)c1-c1cc(C(C)(C)C)cc(C(C)(C)C)c1. The zero-order valence-electron chi connectivity index (χ0n) is 45.9. The van der Waals surface area contributed by atoms with Gasteiger partial charge in [0.25, 0.3) is 0 Å². The normalized spacial score (nSPS) is 14.3. The molecule has 0 aliphatic carbocycles. The fourth-order valence-electron chi connectivity index (χ4n) is 7.92. The first-order valence-corrected chi connectivity index (χ1v) is 23.4. The van der Waals surface area contributed by atoms with E-state index in [4.69, 9.17) is 0 Å². The number of hydrogen-bond donors (Lipinski definition) is 0. The molecule has 334 valence electrons. The molecular weight excluding hydrogens is 745 g/mol. The first-order valence-electron chi connectivity index (χ1n) is 24.4. The van der Waals surface area contributed by atoms with Crippen molar-refractivity contribution in [3.05, 3.63) is 129 Å². The Kier molecular flexibility index (Phi) is 11.9. The van der Waals surface area contributed by atoms with Crippen molar-refractivity contribution in [2.24, 2.45) is 0 Å². The lowest BCUT2D eigenvalue weighted by Gasteiger charge is -2.30. The minimum Gasteiger partial charge on any atom is -0.0561 e. The fourth-order valence-corrected chi connectivity index (χ4v) is 7.92. The van der Waals surface area contributed by atoms with Gasteiger partial charge in [-0.3, -0.25) is 0 Å². The molecule has 5 rings (SSSR count). The number of hydrogen-bond acceptors (Lipinski definition) is 0. The molecule has 0 unspecified atom stereocenters. The second-order valence-corrected chi connectivity index (χ2v) is 26.9. The summed E-state index contributed by atoms with van der Waals surface area (Å²) in [5.41, 5.74) is 16.0. The zero-order valence-corrected chi connectivity index (χ0v) is 43.9. The molecule has 0 saturated heterocycles. The van der Waals surface area contributed by atoms with Crippen molar-refractivity contribution in [2.45, 2.75) is 209 Å². The Morgan fingerprint density at radius 3 is 0.419 bits per heavy atom. The minimum absolute atomic E-state index is 0.143. The van der Waals surface area contributed by atoms with Crippen LogP contribution in [0, 0.1) is 0 Å². The van der Waals surface area contributed by atoms with Crippen LogP contribution in [-0.4, -0.2) is 0 Å². The molecule has 0 heterocycles. The molecule has 0 amide bonds. The van der Waals surface area contributed by atoms with E-state index in [0.717, 1.165) is 44.5 Å². The third-order valence-electron chi connectivity index (χ3n) is 12.8. The maximum atomic E-state index is 11.0. The summed E-state index contributed by atoms with van der Waals surface area (Å²) in [7, 11) is 0. The molecule has 0 atom stereocenters. The van der Waals surface area contributed by atoms with Crippen LogP contribution in [0.4, 0.5) is 0 Å². The molecule has 0 spiro atoms. The van der Waals surface area contributed by atoms with Crippen molar-refractivity contribution in [2.75, 3.05) is 0 Å². The van der Waals surface area contributed by atoms with Gasteiger partial charge in [-0.2, -0.15) is 0 Å². The van der Waals surface area contributed by atoms with E-state index in [9.17, 15) is 2.74 Å². The largest absolute Gasteiger partial charge is 0.0636 e. The monoisotopic (exact) mass is 833 g/mol. The van der Waals surface area contributed by atoms with Gasteiger partial charge >= 0.3 is 0 Å². The summed E-state index contributed by atoms with van der Waals surface area (Å²) in [6.45, 7) is 54.9. The van der Waals surface area contributed by atoms with Gasteiger partial charge in [-0.1, -0.05) is 239 Å². The fraction of sp³-hybridized carbons (Fsp3) is 0.516. The molecule has 0 heteroatoms. The van der Waals surface area contributed by atoms with Gasteiger partial charge in [0.15, 0.2) is 0 Å². The first kappa shape index (κ1) is 46.1. The standard InChI is InChI=1S/C62H86/c1-55(2,3)43-25-39(26-44(33-43)56(4,5)6)51-37-53(41-29-47(59(13,14)15)35-48(30-41)60(16,17)18)54(42-31-49(61(19,20)21)36-50(32-42)62(22,23)24)38-52(51)40-27-45(57(7,8)9)34-46(28-40)58(10,11)12/h25-38H,1-24H3/i37D,38D. The van der Waals surface area contributed by atoms with Crippen molar-refractivity contribution >= 4 is 0 Å². The highest BCUT2D eigenvalue weighted by molar-refractivity contribution is 5.96. The van der Waals surface area contributed by atoms with Crippen molar-refractivity contribution in [1.82, 2.24) is 0 Å². The molecular formula is C62H86. The Labute approximate surface area is 384 Å². The average molecular weight is 833 g/mol. The lowest BCUT2D eigenvalue weighted by atomic mass is 9.74. The van der Waals surface area contributed by atoms with E-state index < -0.39 is 0 Å². The van der Waals surface area contributed by atoms with Gasteiger partial charge in [-0.25, -0.2) is 0 Å². The minimum atomic E-state index is -0.143. The molecule has 5 aromatic rings. The van der Waals surface area contributed by atoms with E-state index in [0.29, 0.717) is 12.1 Å². The van der Waals surface area contributed by atoms with Crippen LogP contribution in [-0.2, 0) is 43.3 Å². The van der Waals surface area contributed by atoms with E-state index >= 15 is 0 Å². The van der Waals surface area contributed by atoms with Gasteiger partial charge in [0.2, 0.25) is 0 Å². The van der Waals surface area contributed by atoms with E-state index in [1.54, 1.807) is 0 Å². The third kappa shape index (κ3) is 11.1. The van der Waals surface area contributed by atoms with Crippen molar-refractivity contribution in [3.8, 4) is 44.5 Å². The smallest absolute Gasteiger partial charge is 0.0561 e. The Bertz CT molecular complexity index is 2070. The second-order valence-electron chi connectivity index (χ2n) is 26.9. The molecule has 0 radical (unpaired) electrons. The van der Waals surface area contributed by atoms with Crippen LogP contribution in [0.1, 0.15) is 213 Å². The average Bonchev–Trinajstić information content (AvgIpc) is 3.11. The van der Waals surface area contributed by atoms with Gasteiger partial charge in [0, 0.05) is 0 Å². The van der Waals surface area contributed by atoms with E-state index in [1.807, 2.05) is 0 Å². The van der Waals surface area contributed by atoms with Crippen LogP contribution in [0.25, 0.3) is 44.5 Å². The van der Waals surface area contributed by atoms with Crippen molar-refractivity contribution in [1.29, 1.82) is 0 Å². The predicted octanol–water partition coefficient (Wildman–Crippen LogP) is 18.7. The highest BCUT2D eigenvalue weighted by Gasteiger charge is 2.29. The van der Waals surface area contributed by atoms with Crippen LogP contribution >= 0.6 is 0 Å². The van der Waals surface area contributed by atoms with Gasteiger partial charge in [-0.05, 0) is 144 Å². The van der Waals surface area contributed by atoms with Crippen molar-refractivity contribution in [3.63, 3.8) is 0 Å². The van der Waals surface area contributed by atoms with Crippen LogP contribution in [0.2, 0.25) is 0 Å². The van der Waals surface area contributed by atoms with Crippen LogP contribution in [0.5, 0.6) is 0 Å². The molecule has 0 saturated carbocycles. The molecule has 0 aliphatic rings. The van der Waals surface area contributed by atoms with Gasteiger partial charge in [-0.15, -0.1) is 0 Å². The molecule has 0 nitrogen and oxygen atoms in total. The first-order chi connectivity index (χ1) is 28.6. The predicted molar refractivity (Wildman–Crippen MR) is 278 cm³/mol. The lowest BCUT2D eigenvalue weighted by molar-refractivity contribution is 0.568. The quantitative estimate of drug-likeness (QED) is 0.169. The van der Waals surface area contributed by atoms with Gasteiger partial charge in [0.05, 0.1) is 2.74 Å². The van der Waals surface area contributed by atoms with Crippen LogP contribution in [0.15, 0.2) is 84.9 Å². The van der Waals surface area contributed by atoms with Gasteiger partial charge < -0.3 is 0 Å². The molecule has 0 aliphatic heterocycles. The Hall–Kier alpha value is -3.90. The highest BCUT2D eigenvalue weighted by Crippen LogP contribution is 2.48. The topological polar surface area (TPSA) is 0 Å². The van der Waals surface area contributed by atoms with Crippen LogP contribution in [0.3, 0.4) is 0 Å². The summed E-state index contributed by atoms with van der Waals surface area (Å²) < 4.78 is 22.1. The van der Waals surface area contributed by atoms with E-state index in [-0.39, 0.29) is 43.3 Å². The van der Waals surface area contributed by atoms with Gasteiger partial charge in [0.1, 0.15) is 0 Å². The Morgan fingerprint density at radius 2 is 0.323 bits per heavy atom.